The van der Waals surface area contributed by atoms with Crippen molar-refractivity contribution >= 4 is 28.3 Å². The van der Waals surface area contributed by atoms with Crippen LogP contribution in [0.4, 0.5) is 18.3 Å². The molecular weight excluding hydrogens is 415 g/mol. The fraction of sp³-hybridized carbons (Fsp3) is 0.190. The number of benzene rings is 2. The van der Waals surface area contributed by atoms with Crippen molar-refractivity contribution in [3.8, 4) is 0 Å². The van der Waals surface area contributed by atoms with Crippen LogP contribution in [0, 0.1) is 6.92 Å². The standard InChI is InChI=1S/C21H18F3N3O2S/c1-13-5-7-15(8-6-13)19(29)25-12-18(28)27-20-26-11-17(30-20)10-14-3-2-4-16(9-14)21(22,23)24/h2-9,11H,10,12H2,1H3,(H,25,29)(H,26,27,28). The Bertz CT molecular complexity index is 1050. The fourth-order valence-corrected chi connectivity index (χ4v) is 3.50. The second-order valence-electron chi connectivity index (χ2n) is 6.60. The van der Waals surface area contributed by atoms with Crippen molar-refractivity contribution in [2.75, 3.05) is 11.9 Å². The van der Waals surface area contributed by atoms with Gasteiger partial charge in [0.15, 0.2) is 5.13 Å². The molecule has 2 amide bonds. The highest BCUT2D eigenvalue weighted by atomic mass is 32.1. The van der Waals surface area contributed by atoms with Gasteiger partial charge in [0.2, 0.25) is 5.91 Å². The molecule has 9 heteroatoms. The number of carbonyl (C=O) groups excluding carboxylic acids is 2. The SMILES string of the molecule is Cc1ccc(C(=O)NCC(=O)Nc2ncc(Cc3cccc(C(F)(F)F)c3)s2)cc1. The van der Waals surface area contributed by atoms with Gasteiger partial charge < -0.3 is 10.6 Å². The van der Waals surface area contributed by atoms with E-state index in [2.05, 4.69) is 15.6 Å². The summed E-state index contributed by atoms with van der Waals surface area (Å²) in [5.74, 6) is -0.815. The van der Waals surface area contributed by atoms with E-state index >= 15 is 0 Å². The van der Waals surface area contributed by atoms with Crippen molar-refractivity contribution in [2.45, 2.75) is 19.5 Å². The molecule has 30 heavy (non-hydrogen) atoms. The second kappa shape index (κ2) is 9.08. The summed E-state index contributed by atoms with van der Waals surface area (Å²) in [5, 5.41) is 5.41. The number of amides is 2. The maximum atomic E-state index is 12.8. The molecule has 3 aromatic rings. The van der Waals surface area contributed by atoms with Crippen molar-refractivity contribution in [1.29, 1.82) is 0 Å². The molecule has 5 nitrogen and oxygen atoms in total. The topological polar surface area (TPSA) is 71.1 Å². The highest BCUT2D eigenvalue weighted by Gasteiger charge is 2.30. The van der Waals surface area contributed by atoms with Gasteiger partial charge in [0.1, 0.15) is 0 Å². The van der Waals surface area contributed by atoms with Gasteiger partial charge in [-0.3, -0.25) is 9.59 Å². The minimum Gasteiger partial charge on any atom is -0.343 e. The molecule has 156 valence electrons. The molecule has 0 saturated heterocycles. The number of hydrogen-bond donors (Lipinski definition) is 2. The van der Waals surface area contributed by atoms with Gasteiger partial charge in [-0.15, -0.1) is 11.3 Å². The van der Waals surface area contributed by atoms with Gasteiger partial charge in [-0.1, -0.05) is 35.9 Å². The zero-order chi connectivity index (χ0) is 21.7. The third kappa shape index (κ3) is 5.90. The van der Waals surface area contributed by atoms with E-state index in [0.717, 1.165) is 29.0 Å². The molecule has 0 aliphatic heterocycles. The van der Waals surface area contributed by atoms with Crippen LogP contribution in [0.5, 0.6) is 0 Å². The quantitative estimate of drug-likeness (QED) is 0.604. The van der Waals surface area contributed by atoms with Gasteiger partial charge in [0.05, 0.1) is 12.1 Å². The summed E-state index contributed by atoms with van der Waals surface area (Å²) in [6.45, 7) is 1.68. The van der Waals surface area contributed by atoms with E-state index in [4.69, 9.17) is 0 Å². The number of nitrogens with zero attached hydrogens (tertiary/aromatic N) is 1. The first kappa shape index (κ1) is 21.5. The number of halogens is 3. The summed E-state index contributed by atoms with van der Waals surface area (Å²) in [7, 11) is 0. The van der Waals surface area contributed by atoms with E-state index in [9.17, 15) is 22.8 Å². The highest BCUT2D eigenvalue weighted by Crippen LogP contribution is 2.30. The molecule has 0 radical (unpaired) electrons. The third-order valence-corrected chi connectivity index (χ3v) is 5.07. The van der Waals surface area contributed by atoms with Crippen LogP contribution in [0.2, 0.25) is 0 Å². The molecule has 2 N–H and O–H groups in total. The van der Waals surface area contributed by atoms with E-state index in [-0.39, 0.29) is 18.9 Å². The van der Waals surface area contributed by atoms with E-state index in [1.165, 1.54) is 12.3 Å². The molecule has 0 spiro atoms. The molecule has 0 saturated carbocycles. The lowest BCUT2D eigenvalue weighted by atomic mass is 10.1. The molecular formula is C21H18F3N3O2S. The van der Waals surface area contributed by atoms with Gasteiger partial charge in [-0.05, 0) is 30.7 Å². The second-order valence-corrected chi connectivity index (χ2v) is 7.72. The molecule has 0 fully saturated rings. The summed E-state index contributed by atoms with van der Waals surface area (Å²) in [6.07, 6.45) is -2.63. The Morgan fingerprint density at radius 2 is 1.83 bits per heavy atom. The maximum Gasteiger partial charge on any atom is 0.416 e. The summed E-state index contributed by atoms with van der Waals surface area (Å²) in [4.78, 5) is 28.8. The molecule has 0 aliphatic carbocycles. The first-order valence-corrected chi connectivity index (χ1v) is 9.78. The number of carbonyl (C=O) groups is 2. The molecule has 0 aliphatic rings. The zero-order valence-corrected chi connectivity index (χ0v) is 16.7. The van der Waals surface area contributed by atoms with Crippen LogP contribution >= 0.6 is 11.3 Å². The highest BCUT2D eigenvalue weighted by molar-refractivity contribution is 7.15. The Kier molecular flexibility index (Phi) is 6.51. The van der Waals surface area contributed by atoms with Crippen LogP contribution in [0.25, 0.3) is 0 Å². The minimum atomic E-state index is -4.40. The largest absolute Gasteiger partial charge is 0.416 e. The number of alkyl halides is 3. The summed E-state index contributed by atoms with van der Waals surface area (Å²) in [6, 6.07) is 12.0. The Labute approximate surface area is 175 Å². The van der Waals surface area contributed by atoms with Gasteiger partial charge >= 0.3 is 6.18 Å². The third-order valence-electron chi connectivity index (χ3n) is 4.16. The molecule has 0 atom stereocenters. The van der Waals surface area contributed by atoms with Gasteiger partial charge in [0.25, 0.3) is 5.91 Å². The fourth-order valence-electron chi connectivity index (χ4n) is 2.64. The van der Waals surface area contributed by atoms with Crippen LogP contribution in [-0.2, 0) is 17.4 Å². The van der Waals surface area contributed by atoms with Crippen molar-refractivity contribution < 1.29 is 22.8 Å². The number of thiazole rings is 1. The number of rotatable bonds is 6. The van der Waals surface area contributed by atoms with E-state index in [0.29, 0.717) is 21.1 Å². The number of aromatic nitrogens is 1. The summed E-state index contributed by atoms with van der Waals surface area (Å²) >= 11 is 1.16. The molecule has 3 rings (SSSR count). The average Bonchev–Trinajstić information content (AvgIpc) is 3.13. The first-order valence-electron chi connectivity index (χ1n) is 8.96. The Morgan fingerprint density at radius 1 is 1.10 bits per heavy atom. The van der Waals surface area contributed by atoms with Crippen molar-refractivity contribution in [1.82, 2.24) is 10.3 Å². The normalized spacial score (nSPS) is 11.2. The summed E-state index contributed by atoms with van der Waals surface area (Å²) in [5.41, 5.74) is 1.26. The smallest absolute Gasteiger partial charge is 0.343 e. The molecule has 2 aromatic carbocycles. The number of anilines is 1. The Morgan fingerprint density at radius 3 is 2.53 bits per heavy atom. The summed E-state index contributed by atoms with van der Waals surface area (Å²) < 4.78 is 38.5. The molecule has 1 aromatic heterocycles. The first-order chi connectivity index (χ1) is 14.2. The van der Waals surface area contributed by atoms with Crippen LogP contribution in [0.1, 0.15) is 31.9 Å². The minimum absolute atomic E-state index is 0.227. The molecule has 0 unspecified atom stereocenters. The van der Waals surface area contributed by atoms with Crippen LogP contribution in [0.3, 0.4) is 0 Å². The van der Waals surface area contributed by atoms with Crippen molar-refractivity contribution in [2.24, 2.45) is 0 Å². The predicted molar refractivity (Wildman–Crippen MR) is 109 cm³/mol. The molecule has 0 bridgehead atoms. The number of hydrogen-bond acceptors (Lipinski definition) is 4. The van der Waals surface area contributed by atoms with Gasteiger partial charge in [-0.25, -0.2) is 4.98 Å². The predicted octanol–water partition coefficient (Wildman–Crippen LogP) is 4.43. The monoisotopic (exact) mass is 433 g/mol. The maximum absolute atomic E-state index is 12.8. The van der Waals surface area contributed by atoms with Crippen LogP contribution in [0.15, 0.2) is 54.7 Å². The average molecular weight is 433 g/mol. The van der Waals surface area contributed by atoms with Gasteiger partial charge in [-0.2, -0.15) is 13.2 Å². The zero-order valence-electron chi connectivity index (χ0n) is 15.9. The van der Waals surface area contributed by atoms with E-state index in [1.807, 2.05) is 6.92 Å². The molecule has 1 heterocycles. The Balaban J connectivity index is 1.53. The van der Waals surface area contributed by atoms with Gasteiger partial charge in [0, 0.05) is 23.1 Å². The number of nitrogens with one attached hydrogen (secondary N) is 2. The van der Waals surface area contributed by atoms with E-state index < -0.39 is 17.6 Å². The van der Waals surface area contributed by atoms with Crippen LogP contribution in [-0.4, -0.2) is 23.3 Å². The number of aryl methyl sites for hydroxylation is 1. The van der Waals surface area contributed by atoms with Crippen molar-refractivity contribution in [3.63, 3.8) is 0 Å². The van der Waals surface area contributed by atoms with E-state index in [1.54, 1.807) is 30.3 Å². The van der Waals surface area contributed by atoms with Crippen molar-refractivity contribution in [3.05, 3.63) is 81.9 Å². The lowest BCUT2D eigenvalue weighted by molar-refractivity contribution is -0.137. The lowest BCUT2D eigenvalue weighted by Crippen LogP contribution is -2.32. The lowest BCUT2D eigenvalue weighted by Gasteiger charge is -2.08. The van der Waals surface area contributed by atoms with Crippen LogP contribution < -0.4 is 10.6 Å². The Hall–Kier alpha value is -3.20.